The number of aryl methyl sites for hydroxylation is 1. The van der Waals surface area contributed by atoms with Crippen molar-refractivity contribution in [3.05, 3.63) is 63.8 Å². The molecule has 6 nitrogen and oxygen atoms in total. The molecule has 0 spiro atoms. The maximum Gasteiger partial charge on any atom is 0.341 e. The van der Waals surface area contributed by atoms with Gasteiger partial charge in [0.2, 0.25) is 0 Å². The molecule has 2 aromatic heterocycles. The monoisotopic (exact) mass is 283 g/mol. The van der Waals surface area contributed by atoms with Crippen LogP contribution < -0.4 is 5.56 Å². The van der Waals surface area contributed by atoms with Gasteiger partial charge in [0, 0.05) is 6.20 Å². The maximum absolute atomic E-state index is 12.2. The number of hydrogen-bond acceptors (Lipinski definition) is 3. The summed E-state index contributed by atoms with van der Waals surface area (Å²) in [6.07, 6.45) is 3.22. The fourth-order valence-electron chi connectivity index (χ4n) is 2.33. The molecule has 2 heterocycles. The Balaban J connectivity index is 2.03. The minimum absolute atomic E-state index is 0.180. The molecule has 0 unspecified atom stereocenters. The molecule has 0 fully saturated rings. The first-order chi connectivity index (χ1) is 10.1. The van der Waals surface area contributed by atoms with Crippen LogP contribution in [0.25, 0.3) is 11.0 Å². The van der Waals surface area contributed by atoms with E-state index in [1.165, 1.54) is 4.57 Å². The van der Waals surface area contributed by atoms with Crippen LogP contribution in [-0.4, -0.2) is 25.6 Å². The lowest BCUT2D eigenvalue weighted by Crippen LogP contribution is -2.27. The zero-order chi connectivity index (χ0) is 15.0. The lowest BCUT2D eigenvalue weighted by atomic mass is 10.1. The van der Waals surface area contributed by atoms with Crippen molar-refractivity contribution in [2.24, 2.45) is 0 Å². The number of pyridine rings is 1. The average Bonchev–Trinajstić information content (AvgIpc) is 2.89. The summed E-state index contributed by atoms with van der Waals surface area (Å²) >= 11 is 0. The van der Waals surface area contributed by atoms with Crippen LogP contribution in [0.3, 0.4) is 0 Å². The number of H-pyrrole nitrogens is 1. The molecule has 0 saturated carbocycles. The van der Waals surface area contributed by atoms with Crippen molar-refractivity contribution in [3.8, 4) is 0 Å². The van der Waals surface area contributed by atoms with Crippen LogP contribution in [0, 0.1) is 6.92 Å². The molecule has 0 amide bonds. The molecule has 3 aromatic rings. The summed E-state index contributed by atoms with van der Waals surface area (Å²) in [4.78, 5) is 30.5. The Kier molecular flexibility index (Phi) is 3.06. The fraction of sp³-hybridized carbons (Fsp3) is 0.133. The van der Waals surface area contributed by atoms with E-state index < -0.39 is 11.5 Å². The smallest absolute Gasteiger partial charge is 0.341 e. The molecule has 6 heteroatoms. The Morgan fingerprint density at radius 3 is 2.95 bits per heavy atom. The number of carboxylic acids is 1. The highest BCUT2D eigenvalue weighted by Crippen LogP contribution is 2.12. The van der Waals surface area contributed by atoms with Gasteiger partial charge in [0.1, 0.15) is 5.56 Å². The van der Waals surface area contributed by atoms with E-state index in [4.69, 9.17) is 5.11 Å². The first-order valence-corrected chi connectivity index (χ1v) is 6.41. The Morgan fingerprint density at radius 2 is 2.19 bits per heavy atom. The lowest BCUT2D eigenvalue weighted by molar-refractivity contribution is 0.0693. The third kappa shape index (κ3) is 2.31. The first kappa shape index (κ1) is 13.1. The molecule has 0 aliphatic heterocycles. The number of imidazole rings is 1. The molecule has 106 valence electrons. The van der Waals surface area contributed by atoms with Crippen LogP contribution in [0.1, 0.15) is 21.5 Å². The summed E-state index contributed by atoms with van der Waals surface area (Å²) in [6.45, 7) is 1.93. The van der Waals surface area contributed by atoms with Crippen molar-refractivity contribution >= 4 is 17.0 Å². The van der Waals surface area contributed by atoms with E-state index in [0.29, 0.717) is 12.1 Å². The van der Waals surface area contributed by atoms with E-state index in [1.54, 1.807) is 25.5 Å². The Morgan fingerprint density at radius 1 is 1.38 bits per heavy atom. The second-order valence-corrected chi connectivity index (χ2v) is 4.87. The Labute approximate surface area is 119 Å². The van der Waals surface area contributed by atoms with Gasteiger partial charge in [0.25, 0.3) is 5.56 Å². The third-order valence-electron chi connectivity index (χ3n) is 3.42. The molecule has 21 heavy (non-hydrogen) atoms. The number of fused-ring (bicyclic) bond motifs is 1. The van der Waals surface area contributed by atoms with Gasteiger partial charge in [-0.1, -0.05) is 6.07 Å². The van der Waals surface area contributed by atoms with Crippen LogP contribution in [0.2, 0.25) is 0 Å². The van der Waals surface area contributed by atoms with Gasteiger partial charge in [0.05, 0.1) is 23.9 Å². The fourth-order valence-corrected chi connectivity index (χ4v) is 2.33. The maximum atomic E-state index is 12.2. The summed E-state index contributed by atoms with van der Waals surface area (Å²) in [5.74, 6) is -1.20. The van der Waals surface area contributed by atoms with Crippen molar-refractivity contribution in [3.63, 3.8) is 0 Å². The zero-order valence-electron chi connectivity index (χ0n) is 11.3. The number of benzene rings is 1. The van der Waals surface area contributed by atoms with E-state index in [1.807, 2.05) is 18.2 Å². The van der Waals surface area contributed by atoms with Crippen LogP contribution in [0.15, 0.2) is 41.6 Å². The van der Waals surface area contributed by atoms with Crippen LogP contribution in [0.4, 0.5) is 0 Å². The number of aromatic carboxylic acids is 1. The van der Waals surface area contributed by atoms with Gasteiger partial charge in [-0.25, -0.2) is 9.78 Å². The minimum Gasteiger partial charge on any atom is -0.477 e. The molecule has 1 aromatic carbocycles. The number of aromatic nitrogens is 3. The second kappa shape index (κ2) is 4.90. The Bertz CT molecular complexity index is 893. The van der Waals surface area contributed by atoms with Gasteiger partial charge < -0.3 is 14.7 Å². The van der Waals surface area contributed by atoms with Gasteiger partial charge in [-0.2, -0.15) is 0 Å². The number of carboxylic acid groups (broad SMARTS) is 1. The van der Waals surface area contributed by atoms with Crippen LogP contribution >= 0.6 is 0 Å². The van der Waals surface area contributed by atoms with Crippen molar-refractivity contribution in [2.75, 3.05) is 0 Å². The Hall–Kier alpha value is -2.89. The van der Waals surface area contributed by atoms with Gasteiger partial charge in [-0.05, 0) is 36.2 Å². The molecule has 0 bridgehead atoms. The van der Waals surface area contributed by atoms with Gasteiger partial charge >= 0.3 is 5.97 Å². The molecule has 0 saturated heterocycles. The predicted molar refractivity (Wildman–Crippen MR) is 77.6 cm³/mol. The molecule has 0 atom stereocenters. The first-order valence-electron chi connectivity index (χ1n) is 6.41. The lowest BCUT2D eigenvalue weighted by Gasteiger charge is -2.08. The molecule has 0 radical (unpaired) electrons. The summed E-state index contributed by atoms with van der Waals surface area (Å²) < 4.78 is 1.40. The molecule has 2 N–H and O–H groups in total. The van der Waals surface area contributed by atoms with E-state index in [2.05, 4.69) is 9.97 Å². The number of hydrogen-bond donors (Lipinski definition) is 2. The average molecular weight is 283 g/mol. The van der Waals surface area contributed by atoms with Crippen LogP contribution in [-0.2, 0) is 6.54 Å². The van der Waals surface area contributed by atoms with E-state index in [0.717, 1.165) is 16.6 Å². The highest BCUT2D eigenvalue weighted by Gasteiger charge is 2.14. The minimum atomic E-state index is -1.20. The number of aromatic amines is 1. The van der Waals surface area contributed by atoms with E-state index >= 15 is 0 Å². The topological polar surface area (TPSA) is 88.0 Å². The summed E-state index contributed by atoms with van der Waals surface area (Å²) in [7, 11) is 0. The molecular weight excluding hydrogens is 270 g/mol. The predicted octanol–water partition coefficient (Wildman–Crippen LogP) is 1.78. The second-order valence-electron chi connectivity index (χ2n) is 4.87. The largest absolute Gasteiger partial charge is 0.477 e. The van der Waals surface area contributed by atoms with Crippen molar-refractivity contribution in [1.82, 2.24) is 14.5 Å². The number of nitrogens with one attached hydrogen (secondary N) is 1. The van der Waals surface area contributed by atoms with Gasteiger partial charge in [-0.15, -0.1) is 0 Å². The number of rotatable bonds is 3. The van der Waals surface area contributed by atoms with E-state index in [9.17, 15) is 9.59 Å². The van der Waals surface area contributed by atoms with Crippen molar-refractivity contribution < 1.29 is 9.90 Å². The zero-order valence-corrected chi connectivity index (χ0v) is 11.3. The van der Waals surface area contributed by atoms with Crippen molar-refractivity contribution in [2.45, 2.75) is 13.5 Å². The molecule has 3 rings (SSSR count). The summed E-state index contributed by atoms with van der Waals surface area (Å²) in [5.41, 5.74) is 2.42. The third-order valence-corrected chi connectivity index (χ3v) is 3.42. The van der Waals surface area contributed by atoms with Gasteiger partial charge in [-0.3, -0.25) is 4.79 Å². The quantitative estimate of drug-likeness (QED) is 0.767. The molecule has 0 aliphatic rings. The summed E-state index contributed by atoms with van der Waals surface area (Å²) in [6, 6.07) is 7.27. The van der Waals surface area contributed by atoms with Crippen LogP contribution in [0.5, 0.6) is 0 Å². The molecule has 0 aliphatic carbocycles. The highest BCUT2D eigenvalue weighted by molar-refractivity contribution is 5.88. The highest BCUT2D eigenvalue weighted by atomic mass is 16.4. The molecular formula is C15H13N3O3. The normalized spacial score (nSPS) is 10.9. The van der Waals surface area contributed by atoms with Gasteiger partial charge in [0.15, 0.2) is 0 Å². The number of carbonyl (C=O) groups is 1. The summed E-state index contributed by atoms with van der Waals surface area (Å²) in [5, 5.41) is 9.12. The van der Waals surface area contributed by atoms with Crippen molar-refractivity contribution in [1.29, 1.82) is 0 Å². The van der Waals surface area contributed by atoms with E-state index in [-0.39, 0.29) is 5.56 Å². The number of nitrogens with zero attached hydrogens (tertiary/aromatic N) is 2. The SMILES string of the molecule is Cc1ccn(Cc2ccc3nc[nH]c3c2)c(=O)c1C(=O)O. The standard InChI is InChI=1S/C15H13N3O3/c1-9-4-5-18(14(19)13(9)15(20)21)7-10-2-3-11-12(6-10)17-8-16-11/h2-6,8H,7H2,1H3,(H,16,17)(H,20,21).